The molecule has 17 heavy (non-hydrogen) atoms. The van der Waals surface area contributed by atoms with Crippen molar-refractivity contribution in [2.24, 2.45) is 5.73 Å². The monoisotopic (exact) mass is 241 g/mol. The van der Waals surface area contributed by atoms with Gasteiger partial charge < -0.3 is 10.5 Å². The van der Waals surface area contributed by atoms with Crippen molar-refractivity contribution >= 4 is 0 Å². The van der Waals surface area contributed by atoms with Crippen molar-refractivity contribution in [2.45, 2.75) is 89.7 Å². The summed E-state index contributed by atoms with van der Waals surface area (Å²) in [6.45, 7) is 3.19. The first-order valence-electron chi connectivity index (χ1n) is 7.71. The van der Waals surface area contributed by atoms with Gasteiger partial charge in [0.2, 0.25) is 0 Å². The second-order valence-electron chi connectivity index (χ2n) is 5.48. The second kappa shape index (κ2) is 9.90. The Kier molecular flexibility index (Phi) is 8.72. The van der Waals surface area contributed by atoms with E-state index in [4.69, 9.17) is 10.5 Å². The van der Waals surface area contributed by atoms with Gasteiger partial charge in [0.25, 0.3) is 0 Å². The predicted octanol–water partition coefficient (Wildman–Crippen LogP) is 4.02. The van der Waals surface area contributed by atoms with E-state index >= 15 is 0 Å². The van der Waals surface area contributed by atoms with Crippen LogP contribution in [0.2, 0.25) is 0 Å². The van der Waals surface area contributed by atoms with E-state index in [-0.39, 0.29) is 0 Å². The van der Waals surface area contributed by atoms with Gasteiger partial charge in [0.1, 0.15) is 0 Å². The van der Waals surface area contributed by atoms with Crippen molar-refractivity contribution in [3.8, 4) is 0 Å². The van der Waals surface area contributed by atoms with Gasteiger partial charge in [-0.25, -0.2) is 0 Å². The Labute approximate surface area is 107 Å². The predicted molar refractivity (Wildman–Crippen MR) is 74.2 cm³/mol. The molecule has 0 saturated heterocycles. The fourth-order valence-corrected chi connectivity index (χ4v) is 2.63. The minimum atomic E-state index is 0.309. The van der Waals surface area contributed by atoms with E-state index < -0.39 is 0 Å². The highest BCUT2D eigenvalue weighted by Crippen LogP contribution is 2.20. The lowest BCUT2D eigenvalue weighted by molar-refractivity contribution is 0.0455. The lowest BCUT2D eigenvalue weighted by atomic mass is 10.1. The molecule has 1 saturated carbocycles. The van der Waals surface area contributed by atoms with Crippen LogP contribution < -0.4 is 5.73 Å². The van der Waals surface area contributed by atoms with Gasteiger partial charge in [-0.3, -0.25) is 0 Å². The topological polar surface area (TPSA) is 35.2 Å². The average Bonchev–Trinajstić information content (AvgIpc) is 2.73. The number of rotatable bonds is 10. The Hall–Kier alpha value is -0.0800. The van der Waals surface area contributed by atoms with E-state index in [1.165, 1.54) is 64.2 Å². The molecule has 0 aromatic carbocycles. The molecule has 2 N–H and O–H groups in total. The van der Waals surface area contributed by atoms with Crippen LogP contribution in [-0.2, 0) is 4.74 Å². The van der Waals surface area contributed by atoms with E-state index in [2.05, 4.69) is 6.92 Å². The third-order valence-electron chi connectivity index (χ3n) is 3.83. The Morgan fingerprint density at radius 1 is 0.941 bits per heavy atom. The summed E-state index contributed by atoms with van der Waals surface area (Å²) in [6.07, 6.45) is 14.9. The van der Waals surface area contributed by atoms with E-state index in [1.54, 1.807) is 0 Å². The van der Waals surface area contributed by atoms with E-state index in [0.29, 0.717) is 12.1 Å². The Morgan fingerprint density at radius 3 is 2.18 bits per heavy atom. The molecule has 1 aliphatic carbocycles. The van der Waals surface area contributed by atoms with Gasteiger partial charge in [-0.2, -0.15) is 0 Å². The van der Waals surface area contributed by atoms with Crippen molar-refractivity contribution in [3.05, 3.63) is 0 Å². The summed E-state index contributed by atoms with van der Waals surface area (Å²) in [5.74, 6) is 0. The normalized spacial score (nSPS) is 24.4. The molecule has 0 bridgehead atoms. The van der Waals surface area contributed by atoms with Gasteiger partial charge >= 0.3 is 0 Å². The number of hydrogen-bond acceptors (Lipinski definition) is 2. The van der Waals surface area contributed by atoms with Crippen LogP contribution in [0.15, 0.2) is 0 Å². The third-order valence-corrected chi connectivity index (χ3v) is 3.83. The zero-order valence-corrected chi connectivity index (χ0v) is 11.6. The Bertz CT molecular complexity index is 172. The Balaban J connectivity index is 1.78. The van der Waals surface area contributed by atoms with Gasteiger partial charge in [-0.05, 0) is 25.7 Å². The van der Waals surface area contributed by atoms with Crippen LogP contribution in [-0.4, -0.2) is 18.8 Å². The molecule has 0 radical (unpaired) electrons. The number of nitrogens with two attached hydrogens (primary N) is 1. The maximum Gasteiger partial charge on any atom is 0.0725 e. The van der Waals surface area contributed by atoms with Crippen LogP contribution in [0.3, 0.4) is 0 Å². The highest BCUT2D eigenvalue weighted by molar-refractivity contribution is 4.80. The summed E-state index contributed by atoms with van der Waals surface area (Å²) < 4.78 is 5.84. The lowest BCUT2D eigenvalue weighted by Crippen LogP contribution is -2.31. The van der Waals surface area contributed by atoms with Gasteiger partial charge in [0.15, 0.2) is 0 Å². The molecule has 0 unspecified atom stereocenters. The molecule has 1 rings (SSSR count). The van der Waals surface area contributed by atoms with E-state index in [0.717, 1.165) is 13.0 Å². The SMILES string of the molecule is CCCCCCCCCCO[C@H]1CCC[C@@H]1N. The molecule has 1 aliphatic rings. The summed E-state index contributed by atoms with van der Waals surface area (Å²) in [6, 6.07) is 0.309. The zero-order chi connectivity index (χ0) is 12.3. The molecule has 0 amide bonds. The maximum atomic E-state index is 5.96. The minimum absolute atomic E-state index is 0.309. The molecule has 1 fully saturated rings. The van der Waals surface area contributed by atoms with Crippen LogP contribution >= 0.6 is 0 Å². The van der Waals surface area contributed by atoms with Crippen molar-refractivity contribution < 1.29 is 4.74 Å². The highest BCUT2D eigenvalue weighted by Gasteiger charge is 2.23. The molecule has 0 heterocycles. The first kappa shape index (κ1) is 15.0. The average molecular weight is 241 g/mol. The molecule has 2 nitrogen and oxygen atoms in total. The molecular weight excluding hydrogens is 210 g/mol. The van der Waals surface area contributed by atoms with Gasteiger partial charge in [-0.1, -0.05) is 51.9 Å². The highest BCUT2D eigenvalue weighted by atomic mass is 16.5. The smallest absolute Gasteiger partial charge is 0.0725 e. The van der Waals surface area contributed by atoms with Gasteiger partial charge in [0.05, 0.1) is 6.10 Å². The van der Waals surface area contributed by atoms with Crippen LogP contribution in [0.1, 0.15) is 77.6 Å². The van der Waals surface area contributed by atoms with Crippen LogP contribution in [0.4, 0.5) is 0 Å². The summed E-state index contributed by atoms with van der Waals surface area (Å²) >= 11 is 0. The van der Waals surface area contributed by atoms with E-state index in [1.807, 2.05) is 0 Å². The first-order valence-corrected chi connectivity index (χ1v) is 7.71. The summed E-state index contributed by atoms with van der Waals surface area (Å²) in [5.41, 5.74) is 5.96. The molecular formula is C15H31NO. The molecule has 0 aliphatic heterocycles. The van der Waals surface area contributed by atoms with Crippen LogP contribution in [0, 0.1) is 0 Å². The summed E-state index contributed by atoms with van der Waals surface area (Å²) in [5, 5.41) is 0. The zero-order valence-electron chi connectivity index (χ0n) is 11.6. The van der Waals surface area contributed by atoms with Gasteiger partial charge in [0, 0.05) is 12.6 Å². The summed E-state index contributed by atoms with van der Waals surface area (Å²) in [7, 11) is 0. The van der Waals surface area contributed by atoms with Crippen LogP contribution in [0.25, 0.3) is 0 Å². The van der Waals surface area contributed by atoms with Crippen molar-refractivity contribution in [3.63, 3.8) is 0 Å². The fourth-order valence-electron chi connectivity index (χ4n) is 2.63. The first-order chi connectivity index (χ1) is 8.34. The molecule has 0 aromatic rings. The van der Waals surface area contributed by atoms with Crippen LogP contribution in [0.5, 0.6) is 0 Å². The minimum Gasteiger partial charge on any atom is -0.377 e. The number of hydrogen-bond donors (Lipinski definition) is 1. The number of unbranched alkanes of at least 4 members (excludes halogenated alkanes) is 7. The lowest BCUT2D eigenvalue weighted by Gasteiger charge is -2.16. The maximum absolute atomic E-state index is 5.96. The summed E-state index contributed by atoms with van der Waals surface area (Å²) in [4.78, 5) is 0. The van der Waals surface area contributed by atoms with Crippen molar-refractivity contribution in [1.82, 2.24) is 0 Å². The third kappa shape index (κ3) is 7.05. The molecule has 0 aromatic heterocycles. The standard InChI is InChI=1S/C15H31NO/c1-2-3-4-5-6-7-8-9-13-17-15-12-10-11-14(15)16/h14-15H,2-13,16H2,1H3/t14-,15-/m0/s1. The second-order valence-corrected chi connectivity index (χ2v) is 5.48. The Morgan fingerprint density at radius 2 is 1.59 bits per heavy atom. The van der Waals surface area contributed by atoms with Crippen molar-refractivity contribution in [1.29, 1.82) is 0 Å². The molecule has 2 atom stereocenters. The molecule has 0 spiro atoms. The fraction of sp³-hybridized carbons (Fsp3) is 1.00. The molecule has 102 valence electrons. The van der Waals surface area contributed by atoms with Crippen molar-refractivity contribution in [2.75, 3.05) is 6.61 Å². The largest absolute Gasteiger partial charge is 0.377 e. The van der Waals surface area contributed by atoms with E-state index in [9.17, 15) is 0 Å². The van der Waals surface area contributed by atoms with Gasteiger partial charge in [-0.15, -0.1) is 0 Å². The number of ether oxygens (including phenoxy) is 1. The molecule has 2 heteroatoms. The quantitative estimate of drug-likeness (QED) is 0.586.